The number of carbonyl (C=O) groups excluding carboxylic acids is 7. The molecule has 0 unspecified atom stereocenters. The summed E-state index contributed by atoms with van der Waals surface area (Å²) in [6.07, 6.45) is 1.28. The predicted molar refractivity (Wildman–Crippen MR) is 256 cm³/mol. The quantitative estimate of drug-likeness (QED) is 0.0489. The number of rotatable bonds is 23. The van der Waals surface area contributed by atoms with Crippen molar-refractivity contribution in [3.8, 4) is 0 Å². The third kappa shape index (κ3) is 20.0. The number of hydrogen-bond donors (Lipinski definition) is 6. The molecule has 1 aliphatic heterocycles. The number of ether oxygens (including phenoxy) is 3. The molecule has 2 aromatic rings. The number of unbranched alkanes of at least 4 members (excludes halogenated alkanes) is 1. The monoisotopic (exact) mass is 936 g/mol. The molecule has 1 heterocycles. The summed E-state index contributed by atoms with van der Waals surface area (Å²) in [6, 6.07) is 15.1. The van der Waals surface area contributed by atoms with E-state index in [0.29, 0.717) is 25.8 Å². The van der Waals surface area contributed by atoms with Crippen molar-refractivity contribution in [2.24, 2.45) is 5.92 Å². The molecule has 0 spiro atoms. The van der Waals surface area contributed by atoms with E-state index in [9.17, 15) is 33.6 Å². The first kappa shape index (κ1) is 55.6. The molecule has 1 saturated heterocycles. The molecule has 17 heteroatoms. The predicted octanol–water partition coefficient (Wildman–Crippen LogP) is 5.09. The van der Waals surface area contributed by atoms with Gasteiger partial charge in [0, 0.05) is 26.1 Å². The highest BCUT2D eigenvalue weighted by Gasteiger charge is 2.46. The van der Waals surface area contributed by atoms with E-state index in [1.165, 1.54) is 12.0 Å². The van der Waals surface area contributed by atoms with Gasteiger partial charge in [0.15, 0.2) is 0 Å². The lowest BCUT2D eigenvalue weighted by atomic mass is 9.87. The minimum atomic E-state index is -1.45. The average Bonchev–Trinajstić information content (AvgIpc) is 3.25. The summed E-state index contributed by atoms with van der Waals surface area (Å²) in [6.45, 7) is 17.2. The lowest BCUT2D eigenvalue weighted by molar-refractivity contribution is -0.153. The van der Waals surface area contributed by atoms with Gasteiger partial charge in [-0.2, -0.15) is 0 Å². The van der Waals surface area contributed by atoms with Crippen LogP contribution >= 0.6 is 0 Å². The first-order valence-corrected chi connectivity index (χ1v) is 23.6. The van der Waals surface area contributed by atoms with Gasteiger partial charge in [-0.05, 0) is 116 Å². The Kier molecular flexibility index (Phi) is 22.1. The zero-order valence-electron chi connectivity index (χ0n) is 41.4. The van der Waals surface area contributed by atoms with Gasteiger partial charge in [-0.15, -0.1) is 0 Å². The Bertz CT molecular complexity index is 1910. The summed E-state index contributed by atoms with van der Waals surface area (Å²) < 4.78 is 15.9. The smallest absolute Gasteiger partial charge is 0.408 e. The number of piperidine rings is 1. The highest BCUT2D eigenvalue weighted by molar-refractivity contribution is 5.95. The van der Waals surface area contributed by atoms with Crippen molar-refractivity contribution in [2.75, 3.05) is 33.3 Å². The molecule has 0 saturated carbocycles. The zero-order chi connectivity index (χ0) is 49.8. The summed E-state index contributed by atoms with van der Waals surface area (Å²) in [5.74, 6) is -2.66. The molecule has 1 fully saturated rings. The number of carbonyl (C=O) groups is 7. The standard InChI is InChI=1S/C50H77N7O10/c1-11-27-51-38(32-35-20-14-12-15-21-35)41(58)55-40(33-36-22-16-13-17-23-36)43(60)54-39(31-34(2)3)42(59)53-37(24-18-19-28-52-46(63)66-48(4,5)6)44(61)57-29-25-50(26-30-57,45(62)65-10)56-47(64)67-49(7,8)9/h12-17,20-23,34,37-40,51H,11,18-19,24-33H2,1-10H3,(H,52,63)(H,53,59)(H,54,60)(H,55,58)(H,56,64)/t37-,38-,39-,40-/m1/s1. The van der Waals surface area contributed by atoms with Crippen LogP contribution in [0.2, 0.25) is 0 Å². The van der Waals surface area contributed by atoms with E-state index in [2.05, 4.69) is 31.9 Å². The second kappa shape index (κ2) is 26.6. The molecule has 67 heavy (non-hydrogen) atoms. The Balaban J connectivity index is 1.87. The second-order valence-corrected chi connectivity index (χ2v) is 19.6. The number of amides is 6. The molecule has 17 nitrogen and oxygen atoms in total. The van der Waals surface area contributed by atoms with E-state index >= 15 is 0 Å². The molecule has 372 valence electrons. The van der Waals surface area contributed by atoms with E-state index in [4.69, 9.17) is 14.2 Å². The van der Waals surface area contributed by atoms with E-state index in [1.54, 1.807) is 41.5 Å². The molecule has 0 bridgehead atoms. The third-order valence-corrected chi connectivity index (χ3v) is 10.9. The normalized spacial score (nSPS) is 15.5. The largest absolute Gasteiger partial charge is 0.467 e. The Morgan fingerprint density at radius 1 is 0.657 bits per heavy atom. The van der Waals surface area contributed by atoms with Gasteiger partial charge in [-0.3, -0.25) is 19.2 Å². The van der Waals surface area contributed by atoms with Crippen LogP contribution in [0.4, 0.5) is 9.59 Å². The van der Waals surface area contributed by atoms with Crippen LogP contribution in [0, 0.1) is 5.92 Å². The van der Waals surface area contributed by atoms with Gasteiger partial charge >= 0.3 is 18.2 Å². The van der Waals surface area contributed by atoms with E-state index in [1.807, 2.05) is 81.4 Å². The fourth-order valence-electron chi connectivity index (χ4n) is 7.64. The Morgan fingerprint density at radius 2 is 1.15 bits per heavy atom. The fourth-order valence-corrected chi connectivity index (χ4v) is 7.64. The molecule has 4 atom stereocenters. The Hall–Kier alpha value is -5.71. The summed E-state index contributed by atoms with van der Waals surface area (Å²) in [4.78, 5) is 97.1. The topological polar surface area (TPSA) is 223 Å². The number of methoxy groups -OCH3 is 1. The van der Waals surface area contributed by atoms with Crippen molar-refractivity contribution in [3.05, 3.63) is 71.8 Å². The van der Waals surface area contributed by atoms with Gasteiger partial charge in [0.05, 0.1) is 13.2 Å². The maximum atomic E-state index is 14.4. The second-order valence-electron chi connectivity index (χ2n) is 19.6. The van der Waals surface area contributed by atoms with Crippen LogP contribution in [0.3, 0.4) is 0 Å². The van der Waals surface area contributed by atoms with E-state index in [-0.39, 0.29) is 63.6 Å². The maximum absolute atomic E-state index is 14.4. The van der Waals surface area contributed by atoms with E-state index < -0.39 is 76.8 Å². The van der Waals surface area contributed by atoms with Crippen molar-refractivity contribution in [3.63, 3.8) is 0 Å². The highest BCUT2D eigenvalue weighted by atomic mass is 16.6. The van der Waals surface area contributed by atoms with Gasteiger partial charge < -0.3 is 51.0 Å². The van der Waals surface area contributed by atoms with Crippen LogP contribution < -0.4 is 31.9 Å². The van der Waals surface area contributed by atoms with Crippen molar-refractivity contribution >= 4 is 41.8 Å². The lowest BCUT2D eigenvalue weighted by Crippen LogP contribution is -2.63. The SMILES string of the molecule is CCCN[C@H](Cc1ccccc1)C(=O)N[C@H](Cc1ccccc1)C(=O)N[C@H](CC(C)C)C(=O)N[C@H](CCCCNC(=O)OC(C)(C)C)C(=O)N1CCC(NC(=O)OC(C)(C)C)(C(=O)OC)CC1. The summed E-state index contributed by atoms with van der Waals surface area (Å²) in [5, 5.41) is 17.6. The number of alkyl carbamates (subject to hydrolysis) is 2. The highest BCUT2D eigenvalue weighted by Crippen LogP contribution is 2.26. The van der Waals surface area contributed by atoms with Gasteiger partial charge in [-0.1, -0.05) is 81.4 Å². The molecule has 0 aromatic heterocycles. The lowest BCUT2D eigenvalue weighted by Gasteiger charge is -2.41. The molecule has 2 aromatic carbocycles. The summed E-state index contributed by atoms with van der Waals surface area (Å²) >= 11 is 0. The summed E-state index contributed by atoms with van der Waals surface area (Å²) in [5.41, 5.74) is -1.20. The van der Waals surface area contributed by atoms with Gasteiger partial charge in [0.25, 0.3) is 0 Å². The zero-order valence-corrected chi connectivity index (χ0v) is 41.4. The number of nitrogens with zero attached hydrogens (tertiary/aromatic N) is 1. The van der Waals surface area contributed by atoms with Gasteiger partial charge in [-0.25, -0.2) is 14.4 Å². The molecule has 1 aliphatic rings. The maximum Gasteiger partial charge on any atom is 0.408 e. The average molecular weight is 936 g/mol. The minimum Gasteiger partial charge on any atom is -0.467 e. The minimum absolute atomic E-state index is 0.0197. The first-order chi connectivity index (χ1) is 31.5. The van der Waals surface area contributed by atoms with Crippen molar-refractivity contribution < 1.29 is 47.8 Å². The molecular weight excluding hydrogens is 859 g/mol. The number of hydrogen-bond acceptors (Lipinski definition) is 11. The number of nitrogens with one attached hydrogen (secondary N) is 6. The van der Waals surface area contributed by atoms with Gasteiger partial charge in [0.2, 0.25) is 23.6 Å². The van der Waals surface area contributed by atoms with Crippen molar-refractivity contribution in [2.45, 2.75) is 161 Å². The van der Waals surface area contributed by atoms with Crippen LogP contribution in [-0.4, -0.2) is 121 Å². The Labute approximate surface area is 397 Å². The van der Waals surface area contributed by atoms with Crippen LogP contribution in [0.5, 0.6) is 0 Å². The molecule has 0 aliphatic carbocycles. The van der Waals surface area contributed by atoms with Crippen molar-refractivity contribution in [1.29, 1.82) is 0 Å². The van der Waals surface area contributed by atoms with Crippen LogP contribution in [0.15, 0.2) is 60.7 Å². The van der Waals surface area contributed by atoms with Gasteiger partial charge in [0.1, 0.15) is 34.9 Å². The van der Waals surface area contributed by atoms with Crippen LogP contribution in [-0.2, 0) is 51.0 Å². The van der Waals surface area contributed by atoms with E-state index in [0.717, 1.165) is 17.5 Å². The van der Waals surface area contributed by atoms with Crippen LogP contribution in [0.1, 0.15) is 118 Å². The third-order valence-electron chi connectivity index (χ3n) is 10.9. The van der Waals surface area contributed by atoms with Crippen molar-refractivity contribution in [1.82, 2.24) is 36.8 Å². The number of esters is 1. The fraction of sp³-hybridized carbons (Fsp3) is 0.620. The molecular formula is C50H77N7O10. The molecule has 0 radical (unpaired) electrons. The first-order valence-electron chi connectivity index (χ1n) is 23.6. The molecule has 6 amide bonds. The molecule has 6 N–H and O–H groups in total. The van der Waals surface area contributed by atoms with Crippen LogP contribution in [0.25, 0.3) is 0 Å². The Morgan fingerprint density at radius 3 is 1.67 bits per heavy atom. The molecule has 3 rings (SSSR count). The summed E-state index contributed by atoms with van der Waals surface area (Å²) in [7, 11) is 1.22. The number of benzene rings is 2. The number of likely N-dealkylation sites (tertiary alicyclic amines) is 1.